The smallest absolute Gasteiger partial charge is 0.253 e. The van der Waals surface area contributed by atoms with Crippen molar-refractivity contribution >= 4 is 5.91 Å². The number of hydrogen-bond acceptors (Lipinski definition) is 3. The van der Waals surface area contributed by atoms with E-state index in [1.165, 1.54) is 12.1 Å². The predicted molar refractivity (Wildman–Crippen MR) is 68.0 cm³/mol. The number of phenols is 1. The highest BCUT2D eigenvalue weighted by Gasteiger charge is 2.14. The average molecular weight is 236 g/mol. The lowest BCUT2D eigenvalue weighted by Crippen LogP contribution is -2.33. The molecule has 0 saturated carbocycles. The third-order valence-electron chi connectivity index (χ3n) is 2.53. The Balaban J connectivity index is 2.72. The van der Waals surface area contributed by atoms with E-state index < -0.39 is 0 Å². The van der Waals surface area contributed by atoms with Gasteiger partial charge in [0.2, 0.25) is 0 Å². The lowest BCUT2D eigenvalue weighted by molar-refractivity contribution is 0.0754. The molecule has 1 aromatic rings. The summed E-state index contributed by atoms with van der Waals surface area (Å²) in [5, 5.41) is 9.18. The predicted octanol–water partition coefficient (Wildman–Crippen LogP) is 1.59. The Morgan fingerprint density at radius 1 is 1.29 bits per heavy atom. The molecule has 0 radical (unpaired) electrons. The van der Waals surface area contributed by atoms with Crippen molar-refractivity contribution in [1.82, 2.24) is 4.90 Å². The van der Waals surface area contributed by atoms with Crippen molar-refractivity contribution in [2.24, 2.45) is 5.73 Å². The van der Waals surface area contributed by atoms with Gasteiger partial charge in [-0.2, -0.15) is 0 Å². The zero-order valence-corrected chi connectivity index (χ0v) is 10.2. The minimum atomic E-state index is 0.000278. The number of carbonyl (C=O) groups excluding carboxylic acids is 1. The van der Waals surface area contributed by atoms with Gasteiger partial charge in [-0.05, 0) is 43.7 Å². The molecule has 0 atom stereocenters. The number of carbonyl (C=O) groups is 1. The number of nitrogens with two attached hydrogens (primary N) is 1. The molecule has 3 N–H and O–H groups in total. The Morgan fingerprint density at radius 2 is 1.94 bits per heavy atom. The van der Waals surface area contributed by atoms with Crippen LogP contribution in [-0.4, -0.2) is 35.5 Å². The highest BCUT2D eigenvalue weighted by molar-refractivity contribution is 5.94. The van der Waals surface area contributed by atoms with E-state index in [1.54, 1.807) is 17.0 Å². The summed E-state index contributed by atoms with van der Waals surface area (Å²) in [6.45, 7) is 4.05. The Labute approximate surface area is 102 Å². The zero-order chi connectivity index (χ0) is 12.7. The molecule has 0 spiro atoms. The second-order valence-corrected chi connectivity index (χ2v) is 3.98. The zero-order valence-electron chi connectivity index (χ0n) is 10.2. The van der Waals surface area contributed by atoms with E-state index in [9.17, 15) is 9.90 Å². The first-order valence-corrected chi connectivity index (χ1v) is 5.97. The monoisotopic (exact) mass is 236 g/mol. The first-order chi connectivity index (χ1) is 8.19. The molecule has 17 heavy (non-hydrogen) atoms. The highest BCUT2D eigenvalue weighted by atomic mass is 16.3. The minimum absolute atomic E-state index is 0.000278. The Morgan fingerprint density at radius 3 is 2.47 bits per heavy atom. The van der Waals surface area contributed by atoms with Crippen LogP contribution in [0.25, 0.3) is 0 Å². The van der Waals surface area contributed by atoms with Crippen molar-refractivity contribution in [3.63, 3.8) is 0 Å². The third kappa shape index (κ3) is 4.07. The van der Waals surface area contributed by atoms with E-state index in [0.29, 0.717) is 18.7 Å². The second-order valence-electron chi connectivity index (χ2n) is 3.98. The maximum atomic E-state index is 12.2. The summed E-state index contributed by atoms with van der Waals surface area (Å²) in [7, 11) is 0. The molecular formula is C13H20N2O2. The average Bonchev–Trinajstić information content (AvgIpc) is 2.34. The fraction of sp³-hybridized carbons (Fsp3) is 0.462. The quantitative estimate of drug-likeness (QED) is 0.788. The van der Waals surface area contributed by atoms with Gasteiger partial charge < -0.3 is 15.7 Å². The highest BCUT2D eigenvalue weighted by Crippen LogP contribution is 2.12. The molecule has 0 aliphatic rings. The molecule has 0 aliphatic heterocycles. The van der Waals surface area contributed by atoms with Crippen LogP contribution in [0, 0.1) is 0 Å². The SMILES string of the molecule is CCCN(CCCN)C(=O)c1ccc(O)cc1. The van der Waals surface area contributed by atoms with E-state index in [1.807, 2.05) is 6.92 Å². The molecule has 0 aromatic heterocycles. The van der Waals surface area contributed by atoms with Crippen LogP contribution in [0.4, 0.5) is 0 Å². The molecule has 0 fully saturated rings. The lowest BCUT2D eigenvalue weighted by Gasteiger charge is -2.21. The van der Waals surface area contributed by atoms with Crippen LogP contribution < -0.4 is 5.73 Å². The van der Waals surface area contributed by atoms with Crippen molar-refractivity contribution in [1.29, 1.82) is 0 Å². The van der Waals surface area contributed by atoms with Gasteiger partial charge >= 0.3 is 0 Å². The summed E-state index contributed by atoms with van der Waals surface area (Å²) < 4.78 is 0. The van der Waals surface area contributed by atoms with Crippen LogP contribution in [0.5, 0.6) is 5.75 Å². The largest absolute Gasteiger partial charge is 0.508 e. The summed E-state index contributed by atoms with van der Waals surface area (Å²) in [5.74, 6) is 0.172. The van der Waals surface area contributed by atoms with Crippen LogP contribution in [0.2, 0.25) is 0 Å². The molecular weight excluding hydrogens is 216 g/mol. The van der Waals surface area contributed by atoms with E-state index in [4.69, 9.17) is 5.73 Å². The van der Waals surface area contributed by atoms with Crippen molar-refractivity contribution in [2.75, 3.05) is 19.6 Å². The lowest BCUT2D eigenvalue weighted by atomic mass is 10.2. The van der Waals surface area contributed by atoms with Gasteiger partial charge in [-0.1, -0.05) is 6.92 Å². The Kier molecular flexibility index (Phi) is 5.49. The summed E-state index contributed by atoms with van der Waals surface area (Å²) >= 11 is 0. The molecule has 0 bridgehead atoms. The van der Waals surface area contributed by atoms with E-state index in [-0.39, 0.29) is 11.7 Å². The van der Waals surface area contributed by atoms with Crippen LogP contribution in [0.1, 0.15) is 30.1 Å². The minimum Gasteiger partial charge on any atom is -0.508 e. The topological polar surface area (TPSA) is 66.6 Å². The van der Waals surface area contributed by atoms with Crippen molar-refractivity contribution in [3.8, 4) is 5.75 Å². The van der Waals surface area contributed by atoms with Crippen molar-refractivity contribution in [2.45, 2.75) is 19.8 Å². The van der Waals surface area contributed by atoms with Crippen molar-refractivity contribution in [3.05, 3.63) is 29.8 Å². The van der Waals surface area contributed by atoms with Gasteiger partial charge in [0.05, 0.1) is 0 Å². The van der Waals surface area contributed by atoms with E-state index in [2.05, 4.69) is 0 Å². The number of phenolic OH excluding ortho intramolecular Hbond substituents is 1. The number of amides is 1. The van der Waals surface area contributed by atoms with E-state index in [0.717, 1.165) is 19.4 Å². The van der Waals surface area contributed by atoms with Crippen LogP contribution in [0.15, 0.2) is 24.3 Å². The summed E-state index contributed by atoms with van der Waals surface area (Å²) in [5.41, 5.74) is 6.07. The maximum Gasteiger partial charge on any atom is 0.253 e. The molecule has 0 heterocycles. The molecule has 0 aliphatic carbocycles. The summed E-state index contributed by atoms with van der Waals surface area (Å²) in [6.07, 6.45) is 1.73. The molecule has 94 valence electrons. The molecule has 1 aromatic carbocycles. The van der Waals surface area contributed by atoms with Gasteiger partial charge in [-0.25, -0.2) is 0 Å². The molecule has 0 unspecified atom stereocenters. The van der Waals surface area contributed by atoms with Gasteiger partial charge in [0.25, 0.3) is 5.91 Å². The summed E-state index contributed by atoms with van der Waals surface area (Å²) in [6, 6.07) is 6.34. The third-order valence-corrected chi connectivity index (χ3v) is 2.53. The number of hydrogen-bond donors (Lipinski definition) is 2. The normalized spacial score (nSPS) is 10.2. The summed E-state index contributed by atoms with van der Waals surface area (Å²) in [4.78, 5) is 14.0. The van der Waals surface area contributed by atoms with Crippen molar-refractivity contribution < 1.29 is 9.90 Å². The number of aromatic hydroxyl groups is 1. The first-order valence-electron chi connectivity index (χ1n) is 5.97. The maximum absolute atomic E-state index is 12.2. The van der Waals surface area contributed by atoms with Crippen LogP contribution >= 0.6 is 0 Å². The number of nitrogens with zero attached hydrogens (tertiary/aromatic N) is 1. The van der Waals surface area contributed by atoms with Crippen LogP contribution in [-0.2, 0) is 0 Å². The fourth-order valence-electron chi connectivity index (χ4n) is 1.65. The molecule has 1 rings (SSSR count). The Hall–Kier alpha value is -1.55. The number of benzene rings is 1. The van der Waals surface area contributed by atoms with Gasteiger partial charge in [0.1, 0.15) is 5.75 Å². The van der Waals surface area contributed by atoms with Gasteiger partial charge in [0, 0.05) is 18.7 Å². The van der Waals surface area contributed by atoms with Gasteiger partial charge in [-0.3, -0.25) is 4.79 Å². The first kappa shape index (κ1) is 13.5. The standard InChI is InChI=1S/C13H20N2O2/c1-2-9-15(10-3-8-14)13(17)11-4-6-12(16)7-5-11/h4-7,16H,2-3,8-10,14H2,1H3. The molecule has 1 amide bonds. The van der Waals surface area contributed by atoms with E-state index >= 15 is 0 Å². The van der Waals surface area contributed by atoms with Gasteiger partial charge in [-0.15, -0.1) is 0 Å². The molecule has 4 nitrogen and oxygen atoms in total. The Bertz CT molecular complexity index is 349. The fourth-order valence-corrected chi connectivity index (χ4v) is 1.65. The number of rotatable bonds is 6. The van der Waals surface area contributed by atoms with Crippen LogP contribution in [0.3, 0.4) is 0 Å². The van der Waals surface area contributed by atoms with Gasteiger partial charge in [0.15, 0.2) is 0 Å². The molecule has 0 saturated heterocycles. The molecule has 4 heteroatoms. The second kappa shape index (κ2) is 6.91.